The molecule has 1 aromatic heterocycles. The van der Waals surface area contributed by atoms with Gasteiger partial charge in [0.1, 0.15) is 12.7 Å². The summed E-state index contributed by atoms with van der Waals surface area (Å²) in [7, 11) is 1.51. The van der Waals surface area contributed by atoms with E-state index in [-0.39, 0.29) is 11.9 Å². The fourth-order valence-corrected chi connectivity index (χ4v) is 3.02. The van der Waals surface area contributed by atoms with Gasteiger partial charge in [-0.25, -0.2) is 9.67 Å². The van der Waals surface area contributed by atoms with Crippen LogP contribution in [0.1, 0.15) is 35.8 Å². The number of benzene rings is 2. The van der Waals surface area contributed by atoms with Crippen molar-refractivity contribution in [2.45, 2.75) is 19.9 Å². The van der Waals surface area contributed by atoms with E-state index in [2.05, 4.69) is 15.4 Å². The summed E-state index contributed by atoms with van der Waals surface area (Å²) in [5, 5.41) is 7.39. The number of halogens is 1. The Morgan fingerprint density at radius 1 is 1.29 bits per heavy atom. The Kier molecular flexibility index (Phi) is 6.16. The van der Waals surface area contributed by atoms with E-state index in [0.717, 1.165) is 11.3 Å². The van der Waals surface area contributed by atoms with Gasteiger partial charge < -0.3 is 14.8 Å². The van der Waals surface area contributed by atoms with Crippen LogP contribution < -0.4 is 14.8 Å². The molecule has 0 spiro atoms. The first-order valence-electron chi connectivity index (χ1n) is 8.79. The number of nitrogens with zero attached hydrogens (tertiary/aromatic N) is 3. The van der Waals surface area contributed by atoms with Crippen LogP contribution in [0, 0.1) is 0 Å². The largest absolute Gasteiger partial charge is 0.493 e. The van der Waals surface area contributed by atoms with Gasteiger partial charge in [0, 0.05) is 5.56 Å². The van der Waals surface area contributed by atoms with E-state index in [0.29, 0.717) is 28.7 Å². The van der Waals surface area contributed by atoms with E-state index < -0.39 is 0 Å². The average Bonchev–Trinajstić information content (AvgIpc) is 3.24. The molecule has 1 amide bonds. The summed E-state index contributed by atoms with van der Waals surface area (Å²) in [5.74, 6) is 0.598. The Hall–Kier alpha value is -3.06. The maximum absolute atomic E-state index is 12.7. The molecule has 0 fully saturated rings. The van der Waals surface area contributed by atoms with Crippen LogP contribution in [0.4, 0.5) is 0 Å². The van der Waals surface area contributed by atoms with Gasteiger partial charge in [-0.05, 0) is 43.7 Å². The molecule has 8 heteroatoms. The van der Waals surface area contributed by atoms with Crippen LogP contribution in [-0.2, 0) is 0 Å². The highest BCUT2D eigenvalue weighted by molar-refractivity contribution is 6.32. The molecule has 28 heavy (non-hydrogen) atoms. The maximum Gasteiger partial charge on any atom is 0.251 e. The fourth-order valence-electron chi connectivity index (χ4n) is 2.76. The van der Waals surface area contributed by atoms with E-state index in [9.17, 15) is 4.79 Å². The molecule has 3 aromatic rings. The zero-order valence-electron chi connectivity index (χ0n) is 15.8. The summed E-state index contributed by atoms with van der Waals surface area (Å²) in [4.78, 5) is 16.6. The van der Waals surface area contributed by atoms with Crippen molar-refractivity contribution in [1.29, 1.82) is 0 Å². The SMILES string of the molecule is CCOc1c(Cl)cc(C(=O)N[C@H](C)c2ccc(-n3cncn3)cc2)cc1OC. The Bertz CT molecular complexity index is 943. The minimum absolute atomic E-state index is 0.200. The molecule has 3 rings (SSSR count). The van der Waals surface area contributed by atoms with Crippen LogP contribution >= 0.6 is 11.6 Å². The van der Waals surface area contributed by atoms with E-state index in [1.807, 2.05) is 38.1 Å². The lowest BCUT2D eigenvalue weighted by atomic mass is 10.1. The summed E-state index contributed by atoms with van der Waals surface area (Å²) < 4.78 is 12.5. The predicted octanol–water partition coefficient (Wildman–Crippen LogP) is 3.82. The minimum atomic E-state index is -0.254. The number of hydrogen-bond acceptors (Lipinski definition) is 5. The number of nitrogens with one attached hydrogen (secondary N) is 1. The Morgan fingerprint density at radius 2 is 2.04 bits per heavy atom. The predicted molar refractivity (Wildman–Crippen MR) is 106 cm³/mol. The summed E-state index contributed by atoms with van der Waals surface area (Å²) in [6.07, 6.45) is 3.11. The molecule has 0 saturated carbocycles. The van der Waals surface area contributed by atoms with Gasteiger partial charge in [0.05, 0.1) is 30.5 Å². The van der Waals surface area contributed by atoms with E-state index >= 15 is 0 Å². The monoisotopic (exact) mass is 400 g/mol. The van der Waals surface area contributed by atoms with Gasteiger partial charge in [0.2, 0.25) is 0 Å². The van der Waals surface area contributed by atoms with E-state index in [1.54, 1.807) is 23.1 Å². The van der Waals surface area contributed by atoms with Crippen molar-refractivity contribution in [3.05, 3.63) is 65.2 Å². The lowest BCUT2D eigenvalue weighted by Crippen LogP contribution is -2.26. The van der Waals surface area contributed by atoms with Crippen molar-refractivity contribution >= 4 is 17.5 Å². The van der Waals surface area contributed by atoms with Gasteiger partial charge in [-0.3, -0.25) is 4.79 Å². The molecule has 0 aliphatic carbocycles. The highest BCUT2D eigenvalue weighted by Crippen LogP contribution is 2.36. The number of rotatable bonds is 7. The second kappa shape index (κ2) is 8.75. The van der Waals surface area contributed by atoms with Crippen molar-refractivity contribution in [3.63, 3.8) is 0 Å². The van der Waals surface area contributed by atoms with Gasteiger partial charge in [0.15, 0.2) is 11.5 Å². The molecule has 0 bridgehead atoms. The van der Waals surface area contributed by atoms with E-state index in [1.165, 1.54) is 13.4 Å². The molecule has 0 unspecified atom stereocenters. The lowest BCUT2D eigenvalue weighted by molar-refractivity contribution is 0.0939. The Balaban J connectivity index is 1.74. The zero-order chi connectivity index (χ0) is 20.1. The van der Waals surface area contributed by atoms with Gasteiger partial charge in [-0.1, -0.05) is 23.7 Å². The van der Waals surface area contributed by atoms with Crippen LogP contribution in [0.3, 0.4) is 0 Å². The fraction of sp³-hybridized carbons (Fsp3) is 0.250. The first kappa shape index (κ1) is 19.7. The van der Waals surface area contributed by atoms with E-state index in [4.69, 9.17) is 21.1 Å². The molecule has 0 aliphatic rings. The van der Waals surface area contributed by atoms with Crippen LogP contribution in [0.15, 0.2) is 49.1 Å². The number of hydrogen-bond donors (Lipinski definition) is 1. The Morgan fingerprint density at radius 3 is 2.64 bits per heavy atom. The molecular weight excluding hydrogens is 380 g/mol. The van der Waals surface area contributed by atoms with Crippen LogP contribution in [0.5, 0.6) is 11.5 Å². The quantitative estimate of drug-likeness (QED) is 0.652. The molecule has 0 radical (unpaired) electrons. The molecule has 1 atom stereocenters. The summed E-state index contributed by atoms with van der Waals surface area (Å²) >= 11 is 6.26. The van der Waals surface area contributed by atoms with Gasteiger partial charge in [0.25, 0.3) is 5.91 Å². The molecular formula is C20H21ClN4O3. The number of carbonyl (C=O) groups is 1. The second-order valence-electron chi connectivity index (χ2n) is 6.05. The highest BCUT2D eigenvalue weighted by Gasteiger charge is 2.17. The third-order valence-electron chi connectivity index (χ3n) is 4.20. The average molecular weight is 401 g/mol. The van der Waals surface area contributed by atoms with Gasteiger partial charge in [-0.2, -0.15) is 5.10 Å². The first-order chi connectivity index (χ1) is 13.5. The number of amides is 1. The van der Waals surface area contributed by atoms with Crippen molar-refractivity contribution in [3.8, 4) is 17.2 Å². The smallest absolute Gasteiger partial charge is 0.251 e. The van der Waals surface area contributed by atoms with Gasteiger partial charge in [-0.15, -0.1) is 0 Å². The first-order valence-corrected chi connectivity index (χ1v) is 9.17. The van der Waals surface area contributed by atoms with Crippen LogP contribution in [-0.4, -0.2) is 34.4 Å². The third kappa shape index (κ3) is 4.26. The Labute approximate surface area is 168 Å². The molecule has 2 aromatic carbocycles. The molecule has 1 heterocycles. The number of ether oxygens (including phenoxy) is 2. The molecule has 146 valence electrons. The summed E-state index contributed by atoms with van der Waals surface area (Å²) in [6.45, 7) is 4.21. The lowest BCUT2D eigenvalue weighted by Gasteiger charge is -2.17. The zero-order valence-corrected chi connectivity index (χ0v) is 16.6. The number of methoxy groups -OCH3 is 1. The second-order valence-corrected chi connectivity index (χ2v) is 6.46. The molecule has 0 aliphatic heterocycles. The molecule has 7 nitrogen and oxygen atoms in total. The standard InChI is InChI=1S/C20H21ClN4O3/c1-4-28-19-17(21)9-15(10-18(19)27-3)20(26)24-13(2)14-5-7-16(8-6-14)25-12-22-11-23-25/h5-13H,4H2,1-3H3,(H,24,26)/t13-/m1/s1. The topological polar surface area (TPSA) is 78.3 Å². The minimum Gasteiger partial charge on any atom is -0.493 e. The molecule has 1 N–H and O–H groups in total. The van der Waals surface area contributed by atoms with Crippen LogP contribution in [0.2, 0.25) is 5.02 Å². The number of aromatic nitrogens is 3. The van der Waals surface area contributed by atoms with Gasteiger partial charge >= 0.3 is 0 Å². The van der Waals surface area contributed by atoms with Crippen molar-refractivity contribution in [2.75, 3.05) is 13.7 Å². The van der Waals surface area contributed by atoms with Crippen molar-refractivity contribution < 1.29 is 14.3 Å². The third-order valence-corrected chi connectivity index (χ3v) is 4.49. The maximum atomic E-state index is 12.7. The molecule has 0 saturated heterocycles. The highest BCUT2D eigenvalue weighted by atomic mass is 35.5. The van der Waals surface area contributed by atoms with Crippen molar-refractivity contribution in [2.24, 2.45) is 0 Å². The van der Waals surface area contributed by atoms with Crippen LogP contribution in [0.25, 0.3) is 5.69 Å². The van der Waals surface area contributed by atoms with Crippen molar-refractivity contribution in [1.82, 2.24) is 20.1 Å². The summed E-state index contributed by atoms with van der Waals surface area (Å²) in [6, 6.07) is 10.7. The normalized spacial score (nSPS) is 11.7. The summed E-state index contributed by atoms with van der Waals surface area (Å²) in [5.41, 5.74) is 2.25. The number of carbonyl (C=O) groups excluding carboxylic acids is 1.